The first-order valence-corrected chi connectivity index (χ1v) is 11.0. The monoisotopic (exact) mass is 437 g/mol. The molecule has 0 amide bonds. The van der Waals surface area contributed by atoms with Crippen molar-refractivity contribution >= 4 is 27.8 Å². The van der Waals surface area contributed by atoms with Crippen LogP contribution in [-0.2, 0) is 4.79 Å². The lowest BCUT2D eigenvalue weighted by atomic mass is 9.75. The Morgan fingerprint density at radius 1 is 1.22 bits per heavy atom. The number of halogens is 2. The van der Waals surface area contributed by atoms with Gasteiger partial charge in [0.25, 0.3) is 0 Å². The van der Waals surface area contributed by atoms with E-state index in [2.05, 4.69) is 40.7 Å². The smallest absolute Gasteiger partial charge is 0.341 e. The molecule has 1 saturated carbocycles. The molecule has 0 saturated heterocycles. The number of fused-ring (bicyclic) bond motifs is 2. The first-order valence-electron chi connectivity index (χ1n) is 11.0. The van der Waals surface area contributed by atoms with E-state index in [0.29, 0.717) is 12.8 Å². The van der Waals surface area contributed by atoms with Crippen LogP contribution in [0.15, 0.2) is 42.6 Å². The van der Waals surface area contributed by atoms with Crippen molar-refractivity contribution < 1.29 is 18.7 Å². The molecule has 7 heteroatoms. The topological polar surface area (TPSA) is 70.9 Å². The van der Waals surface area contributed by atoms with E-state index in [1.807, 2.05) is 0 Å². The lowest BCUT2D eigenvalue weighted by Crippen LogP contribution is -2.37. The van der Waals surface area contributed by atoms with Crippen LogP contribution >= 0.6 is 0 Å². The number of nitrogens with one attached hydrogen (secondary N) is 1. The number of aliphatic carboxylic acids is 1. The highest BCUT2D eigenvalue weighted by Gasteiger charge is 2.43. The number of aromatic nitrogens is 3. The highest BCUT2D eigenvalue weighted by molar-refractivity contribution is 5.99. The second-order valence-corrected chi connectivity index (χ2v) is 9.14. The molecular formula is C25H25F2N3O2. The average molecular weight is 437 g/mol. The van der Waals surface area contributed by atoms with E-state index in [1.165, 1.54) is 12.1 Å². The first kappa shape index (κ1) is 20.7. The molecule has 1 aliphatic carbocycles. The molecule has 2 aromatic carbocycles. The number of benzene rings is 2. The molecule has 0 aliphatic heterocycles. The van der Waals surface area contributed by atoms with Gasteiger partial charge < -0.3 is 9.67 Å². The van der Waals surface area contributed by atoms with Gasteiger partial charge in [-0.2, -0.15) is 5.10 Å². The second kappa shape index (κ2) is 7.43. The molecule has 166 valence electrons. The minimum atomic E-state index is -2.15. The molecule has 2 N–H and O–H groups in total. The van der Waals surface area contributed by atoms with Gasteiger partial charge in [-0.1, -0.05) is 13.8 Å². The Balaban J connectivity index is 1.75. The number of nitrogens with zero attached hydrogens (tertiary/aromatic N) is 2. The Bertz CT molecular complexity index is 1310. The summed E-state index contributed by atoms with van der Waals surface area (Å²) in [5, 5.41) is 18.5. The molecule has 0 radical (unpaired) electrons. The number of rotatable bonds is 4. The van der Waals surface area contributed by atoms with Crippen molar-refractivity contribution in [1.82, 2.24) is 14.8 Å². The Labute approximate surface area is 184 Å². The van der Waals surface area contributed by atoms with E-state index in [4.69, 9.17) is 0 Å². The SMILES string of the molecule is CC(C)c1c(C2CCC(F)(C(=O)O)CC2)c2cc3[nH]ncc3cc2n1-c1ccc(F)cc1. The molecule has 0 bridgehead atoms. The summed E-state index contributed by atoms with van der Waals surface area (Å²) in [5.41, 5.74) is 2.82. The van der Waals surface area contributed by atoms with Gasteiger partial charge in [0, 0.05) is 22.2 Å². The van der Waals surface area contributed by atoms with Gasteiger partial charge in [-0.15, -0.1) is 0 Å². The average Bonchev–Trinajstić information content (AvgIpc) is 3.35. The van der Waals surface area contributed by atoms with Gasteiger partial charge in [-0.25, -0.2) is 13.6 Å². The molecule has 5 nitrogen and oxygen atoms in total. The third-order valence-corrected chi connectivity index (χ3v) is 6.81. The van der Waals surface area contributed by atoms with Crippen LogP contribution in [0.3, 0.4) is 0 Å². The minimum Gasteiger partial charge on any atom is -0.479 e. The number of carbonyl (C=O) groups is 1. The van der Waals surface area contributed by atoms with Crippen molar-refractivity contribution in [2.75, 3.05) is 0 Å². The molecule has 0 atom stereocenters. The van der Waals surface area contributed by atoms with Crippen LogP contribution in [0.4, 0.5) is 8.78 Å². The second-order valence-electron chi connectivity index (χ2n) is 9.14. The quantitative estimate of drug-likeness (QED) is 0.398. The zero-order valence-corrected chi connectivity index (χ0v) is 18.0. The largest absolute Gasteiger partial charge is 0.479 e. The summed E-state index contributed by atoms with van der Waals surface area (Å²) in [4.78, 5) is 11.4. The van der Waals surface area contributed by atoms with Crippen molar-refractivity contribution in [2.45, 2.75) is 57.0 Å². The molecule has 0 spiro atoms. The molecular weight excluding hydrogens is 412 g/mol. The number of carboxylic acid groups (broad SMARTS) is 1. The van der Waals surface area contributed by atoms with Crippen LogP contribution in [0, 0.1) is 5.82 Å². The van der Waals surface area contributed by atoms with Gasteiger partial charge in [0.15, 0.2) is 0 Å². The molecule has 0 unspecified atom stereocenters. The van der Waals surface area contributed by atoms with Crippen molar-refractivity contribution in [1.29, 1.82) is 0 Å². The maximum absolute atomic E-state index is 14.8. The molecule has 32 heavy (non-hydrogen) atoms. The number of H-pyrrole nitrogens is 1. The van der Waals surface area contributed by atoms with E-state index >= 15 is 0 Å². The van der Waals surface area contributed by atoms with Gasteiger partial charge in [0.05, 0.1) is 17.2 Å². The zero-order valence-electron chi connectivity index (χ0n) is 18.0. The Morgan fingerprint density at radius 2 is 1.91 bits per heavy atom. The molecule has 1 aliphatic rings. The van der Waals surface area contributed by atoms with Crippen LogP contribution in [0.2, 0.25) is 0 Å². The summed E-state index contributed by atoms with van der Waals surface area (Å²) in [6, 6.07) is 10.6. The van der Waals surface area contributed by atoms with Gasteiger partial charge in [0.1, 0.15) is 5.82 Å². The van der Waals surface area contributed by atoms with Crippen LogP contribution in [0.5, 0.6) is 0 Å². The van der Waals surface area contributed by atoms with Crippen molar-refractivity contribution in [3.05, 3.63) is 59.7 Å². The standard InChI is InChI=1S/C25H25F2N3O2/c1-14(2)23-22(15-7-9-25(27,10-8-15)24(31)32)19-12-20-16(13-28-29-20)11-21(19)30(23)18-5-3-17(26)4-6-18/h3-6,11-15H,7-10H2,1-2H3,(H,28,29)(H,31,32). The fourth-order valence-electron chi connectivity index (χ4n) is 5.21. The zero-order chi connectivity index (χ0) is 22.6. The highest BCUT2D eigenvalue weighted by Crippen LogP contribution is 2.47. The normalized spacial score (nSPS) is 21.6. The summed E-state index contributed by atoms with van der Waals surface area (Å²) in [6.07, 6.45) is 2.70. The summed E-state index contributed by atoms with van der Waals surface area (Å²) in [7, 11) is 0. The Hall–Kier alpha value is -3.22. The third-order valence-electron chi connectivity index (χ3n) is 6.81. The number of alkyl halides is 1. The van der Waals surface area contributed by atoms with Crippen LogP contribution in [0.25, 0.3) is 27.5 Å². The summed E-state index contributed by atoms with van der Waals surface area (Å²) in [5.74, 6) is -1.47. The van der Waals surface area contributed by atoms with Gasteiger partial charge >= 0.3 is 5.97 Å². The summed E-state index contributed by atoms with van der Waals surface area (Å²) in [6.45, 7) is 4.23. The maximum Gasteiger partial charge on any atom is 0.341 e. The molecule has 5 rings (SSSR count). The number of carboxylic acids is 1. The minimum absolute atomic E-state index is 0.0000582. The van der Waals surface area contributed by atoms with E-state index in [1.54, 1.807) is 18.3 Å². The summed E-state index contributed by atoms with van der Waals surface area (Å²) >= 11 is 0. The predicted octanol–water partition coefficient (Wildman–Crippen LogP) is 6.22. The van der Waals surface area contributed by atoms with Crippen molar-refractivity contribution in [2.24, 2.45) is 0 Å². The molecule has 2 heterocycles. The maximum atomic E-state index is 14.8. The van der Waals surface area contributed by atoms with Crippen LogP contribution in [0.1, 0.15) is 62.6 Å². The third kappa shape index (κ3) is 3.18. The van der Waals surface area contributed by atoms with E-state index in [9.17, 15) is 18.7 Å². The fraction of sp³-hybridized carbons (Fsp3) is 0.360. The number of aromatic amines is 1. The van der Waals surface area contributed by atoms with Crippen molar-refractivity contribution in [3.8, 4) is 5.69 Å². The van der Waals surface area contributed by atoms with Crippen LogP contribution in [-0.4, -0.2) is 31.5 Å². The van der Waals surface area contributed by atoms with Gasteiger partial charge in [0.2, 0.25) is 5.67 Å². The van der Waals surface area contributed by atoms with E-state index in [-0.39, 0.29) is 30.5 Å². The van der Waals surface area contributed by atoms with Gasteiger partial charge in [-0.05, 0) is 79.5 Å². The highest BCUT2D eigenvalue weighted by atomic mass is 19.1. The molecule has 1 fully saturated rings. The lowest BCUT2D eigenvalue weighted by Gasteiger charge is -2.32. The van der Waals surface area contributed by atoms with Crippen molar-refractivity contribution in [3.63, 3.8) is 0 Å². The lowest BCUT2D eigenvalue weighted by molar-refractivity contribution is -0.153. The fourth-order valence-corrected chi connectivity index (χ4v) is 5.21. The number of hydrogen-bond acceptors (Lipinski definition) is 2. The Morgan fingerprint density at radius 3 is 2.53 bits per heavy atom. The number of hydrogen-bond donors (Lipinski definition) is 2. The van der Waals surface area contributed by atoms with Gasteiger partial charge in [-0.3, -0.25) is 5.10 Å². The Kier molecular flexibility index (Phi) is 4.80. The van der Waals surface area contributed by atoms with E-state index < -0.39 is 11.6 Å². The predicted molar refractivity (Wildman–Crippen MR) is 120 cm³/mol. The molecule has 4 aromatic rings. The summed E-state index contributed by atoms with van der Waals surface area (Å²) < 4.78 is 30.6. The van der Waals surface area contributed by atoms with Crippen LogP contribution < -0.4 is 0 Å². The first-order chi connectivity index (χ1) is 15.3. The molecule has 2 aromatic heterocycles. The van der Waals surface area contributed by atoms with E-state index in [0.717, 1.165) is 38.8 Å².